The van der Waals surface area contributed by atoms with Gasteiger partial charge in [-0.25, -0.2) is 0 Å². The minimum Gasteiger partial charge on any atom is -0.380 e. The van der Waals surface area contributed by atoms with Gasteiger partial charge in [0.15, 0.2) is 0 Å². The molecule has 1 atom stereocenters. The van der Waals surface area contributed by atoms with Crippen LogP contribution in [0.5, 0.6) is 0 Å². The van der Waals surface area contributed by atoms with Crippen LogP contribution < -0.4 is 11.3 Å². The fourth-order valence-corrected chi connectivity index (χ4v) is 1.06. The summed E-state index contributed by atoms with van der Waals surface area (Å²) in [6, 6.07) is 0.389. The van der Waals surface area contributed by atoms with E-state index in [0.717, 1.165) is 19.1 Å². The van der Waals surface area contributed by atoms with Gasteiger partial charge in [-0.15, -0.1) is 0 Å². The molecule has 0 amide bonds. The van der Waals surface area contributed by atoms with Gasteiger partial charge >= 0.3 is 0 Å². The Balaban J connectivity index is 2.07. The lowest BCUT2D eigenvalue weighted by Gasteiger charge is -2.13. The maximum absolute atomic E-state index is 5.32. The molecule has 0 spiro atoms. The summed E-state index contributed by atoms with van der Waals surface area (Å²) in [5.74, 6) is 6.10. The highest BCUT2D eigenvalue weighted by Crippen LogP contribution is 2.32. The summed E-state index contributed by atoms with van der Waals surface area (Å²) in [5, 5.41) is 0. The highest BCUT2D eigenvalue weighted by atomic mass is 16.5. The van der Waals surface area contributed by atoms with Crippen LogP contribution in [-0.4, -0.2) is 19.3 Å². The van der Waals surface area contributed by atoms with Gasteiger partial charge in [0.25, 0.3) is 0 Å². The number of hydrogen-bond acceptors (Lipinski definition) is 3. The zero-order valence-electron chi connectivity index (χ0n) is 6.47. The first-order valence-electron chi connectivity index (χ1n) is 3.92. The van der Waals surface area contributed by atoms with Gasteiger partial charge in [-0.05, 0) is 25.7 Å². The summed E-state index contributed by atoms with van der Waals surface area (Å²) < 4.78 is 5.25. The van der Waals surface area contributed by atoms with Crippen molar-refractivity contribution in [1.82, 2.24) is 5.43 Å². The molecule has 1 rings (SSSR count). The van der Waals surface area contributed by atoms with Crippen molar-refractivity contribution in [3.63, 3.8) is 0 Å². The van der Waals surface area contributed by atoms with Crippen LogP contribution >= 0.6 is 0 Å². The Morgan fingerprint density at radius 3 is 2.80 bits per heavy atom. The predicted molar refractivity (Wildman–Crippen MR) is 40.3 cm³/mol. The van der Waals surface area contributed by atoms with E-state index < -0.39 is 0 Å². The maximum Gasteiger partial charge on any atom is 0.0635 e. The maximum atomic E-state index is 5.32. The highest BCUT2D eigenvalue weighted by Gasteiger charge is 2.30. The van der Waals surface area contributed by atoms with E-state index in [1.165, 1.54) is 12.8 Å². The molecule has 0 aromatic carbocycles. The van der Waals surface area contributed by atoms with Crippen LogP contribution in [0.25, 0.3) is 0 Å². The lowest BCUT2D eigenvalue weighted by atomic mass is 10.2. The standard InChI is InChI=1S/C7H16N2O/c1-2-10-5-7(9-8)6-3-4-6/h6-7,9H,2-5,8H2,1H3. The largest absolute Gasteiger partial charge is 0.380 e. The van der Waals surface area contributed by atoms with Gasteiger partial charge in [0.05, 0.1) is 6.61 Å². The molecule has 0 saturated heterocycles. The molecule has 10 heavy (non-hydrogen) atoms. The van der Waals surface area contributed by atoms with Crippen molar-refractivity contribution in [3.8, 4) is 0 Å². The van der Waals surface area contributed by atoms with E-state index in [1.54, 1.807) is 0 Å². The Kier molecular flexibility index (Phi) is 3.12. The quantitative estimate of drug-likeness (QED) is 0.430. The number of hydrogen-bond donors (Lipinski definition) is 2. The Morgan fingerprint density at radius 2 is 2.40 bits per heavy atom. The van der Waals surface area contributed by atoms with Crippen LogP contribution in [0.4, 0.5) is 0 Å². The molecule has 0 bridgehead atoms. The van der Waals surface area contributed by atoms with Crippen molar-refractivity contribution < 1.29 is 4.74 Å². The third-order valence-corrected chi connectivity index (χ3v) is 1.91. The molecular weight excluding hydrogens is 128 g/mol. The molecule has 0 heterocycles. The summed E-state index contributed by atoms with van der Waals surface area (Å²) in [6.45, 7) is 3.54. The molecule has 3 nitrogen and oxygen atoms in total. The van der Waals surface area contributed by atoms with E-state index in [1.807, 2.05) is 6.92 Å². The van der Waals surface area contributed by atoms with Crippen molar-refractivity contribution in [2.45, 2.75) is 25.8 Å². The summed E-state index contributed by atoms with van der Waals surface area (Å²) in [4.78, 5) is 0. The van der Waals surface area contributed by atoms with Crippen LogP contribution in [0.15, 0.2) is 0 Å². The van der Waals surface area contributed by atoms with E-state index in [4.69, 9.17) is 10.6 Å². The van der Waals surface area contributed by atoms with Gasteiger partial charge in [0.2, 0.25) is 0 Å². The third kappa shape index (κ3) is 2.25. The molecule has 0 aliphatic heterocycles. The Morgan fingerprint density at radius 1 is 1.70 bits per heavy atom. The molecule has 0 aromatic heterocycles. The van der Waals surface area contributed by atoms with Crippen molar-refractivity contribution in [2.75, 3.05) is 13.2 Å². The fraction of sp³-hybridized carbons (Fsp3) is 1.00. The molecule has 0 radical (unpaired) electrons. The summed E-state index contributed by atoms with van der Waals surface area (Å²) in [7, 11) is 0. The molecule has 1 saturated carbocycles. The monoisotopic (exact) mass is 144 g/mol. The smallest absolute Gasteiger partial charge is 0.0635 e. The second-order valence-corrected chi connectivity index (χ2v) is 2.77. The predicted octanol–water partition coefficient (Wildman–Crippen LogP) is 0.265. The Hall–Kier alpha value is -0.120. The van der Waals surface area contributed by atoms with E-state index in [9.17, 15) is 0 Å². The summed E-state index contributed by atoms with van der Waals surface area (Å²) >= 11 is 0. The molecule has 3 N–H and O–H groups in total. The van der Waals surface area contributed by atoms with Crippen LogP contribution in [0.1, 0.15) is 19.8 Å². The zero-order valence-corrected chi connectivity index (χ0v) is 6.47. The van der Waals surface area contributed by atoms with Crippen LogP contribution in [0.2, 0.25) is 0 Å². The first-order chi connectivity index (χ1) is 4.88. The molecule has 1 unspecified atom stereocenters. The van der Waals surface area contributed by atoms with Gasteiger partial charge in [0, 0.05) is 12.6 Å². The van der Waals surface area contributed by atoms with Gasteiger partial charge in [-0.1, -0.05) is 0 Å². The van der Waals surface area contributed by atoms with E-state index in [0.29, 0.717) is 6.04 Å². The van der Waals surface area contributed by atoms with Gasteiger partial charge in [-0.3, -0.25) is 11.3 Å². The number of rotatable bonds is 5. The Labute approximate surface area is 61.9 Å². The summed E-state index contributed by atoms with van der Waals surface area (Å²) in [5.41, 5.74) is 2.77. The number of hydrazine groups is 1. The molecule has 3 heteroatoms. The average molecular weight is 144 g/mol. The summed E-state index contributed by atoms with van der Waals surface area (Å²) in [6.07, 6.45) is 2.61. The SMILES string of the molecule is CCOCC(NN)C1CC1. The topological polar surface area (TPSA) is 47.3 Å². The van der Waals surface area contributed by atoms with E-state index in [2.05, 4.69) is 5.43 Å². The van der Waals surface area contributed by atoms with Gasteiger partial charge in [-0.2, -0.15) is 0 Å². The Bertz CT molecular complexity index is 93.6. The number of nitrogens with two attached hydrogens (primary N) is 1. The van der Waals surface area contributed by atoms with E-state index >= 15 is 0 Å². The highest BCUT2D eigenvalue weighted by molar-refractivity contribution is 4.84. The third-order valence-electron chi connectivity index (χ3n) is 1.91. The second kappa shape index (κ2) is 3.91. The van der Waals surface area contributed by atoms with Crippen molar-refractivity contribution in [1.29, 1.82) is 0 Å². The fourth-order valence-electron chi connectivity index (χ4n) is 1.06. The van der Waals surface area contributed by atoms with Crippen molar-refractivity contribution >= 4 is 0 Å². The first-order valence-corrected chi connectivity index (χ1v) is 3.92. The number of ether oxygens (including phenoxy) is 1. The van der Waals surface area contributed by atoms with Crippen molar-refractivity contribution in [2.24, 2.45) is 11.8 Å². The molecular formula is C7H16N2O. The number of nitrogens with one attached hydrogen (secondary N) is 1. The first kappa shape index (κ1) is 7.98. The molecule has 0 aromatic rings. The van der Waals surface area contributed by atoms with Crippen LogP contribution in [0, 0.1) is 5.92 Å². The van der Waals surface area contributed by atoms with Gasteiger partial charge in [0.1, 0.15) is 0 Å². The second-order valence-electron chi connectivity index (χ2n) is 2.77. The molecule has 1 aliphatic rings. The normalized spacial score (nSPS) is 21.0. The van der Waals surface area contributed by atoms with Crippen LogP contribution in [0.3, 0.4) is 0 Å². The molecule has 60 valence electrons. The lowest BCUT2D eigenvalue weighted by molar-refractivity contribution is 0.116. The zero-order chi connectivity index (χ0) is 7.40. The average Bonchev–Trinajstić information content (AvgIpc) is 2.73. The lowest BCUT2D eigenvalue weighted by Crippen LogP contribution is -2.40. The van der Waals surface area contributed by atoms with Crippen molar-refractivity contribution in [3.05, 3.63) is 0 Å². The van der Waals surface area contributed by atoms with Crippen LogP contribution in [-0.2, 0) is 4.74 Å². The van der Waals surface area contributed by atoms with E-state index in [-0.39, 0.29) is 0 Å². The molecule has 1 fully saturated rings. The minimum absolute atomic E-state index is 0.389. The minimum atomic E-state index is 0.389. The molecule has 1 aliphatic carbocycles. The van der Waals surface area contributed by atoms with Gasteiger partial charge < -0.3 is 4.74 Å².